The van der Waals surface area contributed by atoms with Crippen LogP contribution in [0.15, 0.2) is 53.0 Å². The van der Waals surface area contributed by atoms with Gasteiger partial charge in [-0.15, -0.1) is 0 Å². The number of hydrogen-bond acceptors (Lipinski definition) is 3. The van der Waals surface area contributed by atoms with Crippen LogP contribution in [0.4, 0.5) is 5.13 Å². The van der Waals surface area contributed by atoms with Crippen LogP contribution in [0.3, 0.4) is 0 Å². The Labute approximate surface area is 118 Å². The van der Waals surface area contributed by atoms with E-state index in [4.69, 9.17) is 0 Å². The molecule has 90 valence electrons. The van der Waals surface area contributed by atoms with E-state index in [1.54, 1.807) is 11.3 Å². The summed E-state index contributed by atoms with van der Waals surface area (Å²) in [4.78, 5) is 4.56. The Balaban J connectivity index is 1.79. The van der Waals surface area contributed by atoms with Crippen LogP contribution in [0.2, 0.25) is 0 Å². The third-order valence-corrected chi connectivity index (χ3v) is 4.11. The Morgan fingerprint density at radius 2 is 1.94 bits per heavy atom. The van der Waals surface area contributed by atoms with Crippen molar-refractivity contribution in [3.05, 3.63) is 58.6 Å². The van der Waals surface area contributed by atoms with Crippen LogP contribution < -0.4 is 5.32 Å². The number of fused-ring (bicyclic) bond motifs is 1. The van der Waals surface area contributed by atoms with E-state index in [1.807, 2.05) is 30.3 Å². The SMILES string of the molecule is Brc1ccc2nc(NCc3ccccc3)sc2c1. The zero-order valence-corrected chi connectivity index (χ0v) is 12.0. The van der Waals surface area contributed by atoms with E-state index in [9.17, 15) is 0 Å². The molecule has 0 bridgehead atoms. The first-order valence-corrected chi connectivity index (χ1v) is 7.26. The molecule has 3 rings (SSSR count). The van der Waals surface area contributed by atoms with E-state index in [1.165, 1.54) is 10.3 Å². The second kappa shape index (κ2) is 5.08. The smallest absolute Gasteiger partial charge is 0.184 e. The van der Waals surface area contributed by atoms with E-state index >= 15 is 0 Å². The second-order valence-electron chi connectivity index (χ2n) is 3.97. The Morgan fingerprint density at radius 1 is 1.11 bits per heavy atom. The minimum atomic E-state index is 0.807. The maximum Gasteiger partial charge on any atom is 0.184 e. The third-order valence-electron chi connectivity index (χ3n) is 2.64. The maximum absolute atomic E-state index is 4.56. The van der Waals surface area contributed by atoms with Gasteiger partial charge in [-0.3, -0.25) is 0 Å². The molecular formula is C14H11BrN2S. The van der Waals surface area contributed by atoms with Gasteiger partial charge in [0.15, 0.2) is 5.13 Å². The summed E-state index contributed by atoms with van der Waals surface area (Å²) in [7, 11) is 0. The minimum Gasteiger partial charge on any atom is -0.357 e. The highest BCUT2D eigenvalue weighted by Crippen LogP contribution is 2.28. The number of halogens is 1. The van der Waals surface area contributed by atoms with Gasteiger partial charge in [0.25, 0.3) is 0 Å². The van der Waals surface area contributed by atoms with Crippen molar-refractivity contribution in [1.82, 2.24) is 4.98 Å². The summed E-state index contributed by atoms with van der Waals surface area (Å²) in [5, 5.41) is 4.33. The average molecular weight is 319 g/mol. The van der Waals surface area contributed by atoms with Gasteiger partial charge in [-0.2, -0.15) is 0 Å². The maximum atomic E-state index is 4.56. The average Bonchev–Trinajstić information content (AvgIpc) is 2.79. The van der Waals surface area contributed by atoms with Crippen molar-refractivity contribution in [2.45, 2.75) is 6.54 Å². The molecule has 0 amide bonds. The van der Waals surface area contributed by atoms with Crippen molar-refractivity contribution in [2.75, 3.05) is 5.32 Å². The van der Waals surface area contributed by atoms with Crippen LogP contribution >= 0.6 is 27.3 Å². The van der Waals surface area contributed by atoms with Crippen LogP contribution in [0.5, 0.6) is 0 Å². The lowest BCUT2D eigenvalue weighted by molar-refractivity contribution is 1.14. The first kappa shape index (κ1) is 11.7. The predicted molar refractivity (Wildman–Crippen MR) is 81.1 cm³/mol. The minimum absolute atomic E-state index is 0.807. The zero-order chi connectivity index (χ0) is 12.4. The van der Waals surface area contributed by atoms with E-state index in [-0.39, 0.29) is 0 Å². The van der Waals surface area contributed by atoms with Gasteiger partial charge in [0.2, 0.25) is 0 Å². The summed E-state index contributed by atoms with van der Waals surface area (Å²) in [6.07, 6.45) is 0. The summed E-state index contributed by atoms with van der Waals surface area (Å²) in [6.45, 7) is 0.807. The number of anilines is 1. The Morgan fingerprint density at radius 3 is 2.78 bits per heavy atom. The van der Waals surface area contributed by atoms with Gasteiger partial charge >= 0.3 is 0 Å². The molecule has 0 saturated carbocycles. The molecule has 3 aromatic rings. The summed E-state index contributed by atoms with van der Waals surface area (Å²) in [5.41, 5.74) is 2.30. The van der Waals surface area contributed by atoms with Crippen LogP contribution in [-0.2, 0) is 6.54 Å². The van der Waals surface area contributed by atoms with Crippen LogP contribution in [0.1, 0.15) is 5.56 Å². The fourth-order valence-electron chi connectivity index (χ4n) is 1.75. The molecule has 0 aliphatic rings. The van der Waals surface area contributed by atoms with Crippen molar-refractivity contribution in [3.8, 4) is 0 Å². The molecule has 0 spiro atoms. The summed E-state index contributed by atoms with van der Waals surface area (Å²) >= 11 is 5.15. The van der Waals surface area contributed by atoms with Gasteiger partial charge in [-0.1, -0.05) is 57.6 Å². The number of hydrogen-bond donors (Lipinski definition) is 1. The molecule has 0 aliphatic heterocycles. The molecule has 1 aromatic heterocycles. The Bertz CT molecular complexity index is 664. The number of rotatable bonds is 3. The van der Waals surface area contributed by atoms with Crippen molar-refractivity contribution >= 4 is 42.6 Å². The van der Waals surface area contributed by atoms with Gasteiger partial charge < -0.3 is 5.32 Å². The first-order chi connectivity index (χ1) is 8.81. The summed E-state index contributed by atoms with van der Waals surface area (Å²) < 4.78 is 2.29. The molecular weight excluding hydrogens is 308 g/mol. The fraction of sp³-hybridized carbons (Fsp3) is 0.0714. The van der Waals surface area contributed by atoms with Crippen molar-refractivity contribution in [2.24, 2.45) is 0 Å². The standard InChI is InChI=1S/C14H11BrN2S/c15-11-6-7-12-13(8-11)18-14(17-12)16-9-10-4-2-1-3-5-10/h1-8H,9H2,(H,16,17). The van der Waals surface area contributed by atoms with Crippen molar-refractivity contribution in [3.63, 3.8) is 0 Å². The quantitative estimate of drug-likeness (QED) is 0.759. The van der Waals surface area contributed by atoms with Crippen LogP contribution in [0.25, 0.3) is 10.2 Å². The van der Waals surface area contributed by atoms with E-state index < -0.39 is 0 Å². The zero-order valence-electron chi connectivity index (χ0n) is 9.56. The van der Waals surface area contributed by atoms with Gasteiger partial charge in [0.1, 0.15) is 0 Å². The number of nitrogens with one attached hydrogen (secondary N) is 1. The molecule has 2 aromatic carbocycles. The Hall–Kier alpha value is -1.39. The second-order valence-corrected chi connectivity index (χ2v) is 5.92. The van der Waals surface area contributed by atoms with Crippen molar-refractivity contribution in [1.29, 1.82) is 0 Å². The molecule has 0 saturated heterocycles. The fourth-order valence-corrected chi connectivity index (χ4v) is 3.16. The summed E-state index contributed by atoms with van der Waals surface area (Å²) in [6, 6.07) is 16.5. The Kier molecular flexibility index (Phi) is 3.30. The molecule has 0 atom stereocenters. The van der Waals surface area contributed by atoms with Crippen molar-refractivity contribution < 1.29 is 0 Å². The monoisotopic (exact) mass is 318 g/mol. The highest BCUT2D eigenvalue weighted by atomic mass is 79.9. The topological polar surface area (TPSA) is 24.9 Å². The lowest BCUT2D eigenvalue weighted by Gasteiger charge is -2.01. The van der Waals surface area contributed by atoms with Gasteiger partial charge in [0.05, 0.1) is 10.2 Å². The molecule has 2 nitrogen and oxygen atoms in total. The molecule has 0 fully saturated rings. The molecule has 1 N–H and O–H groups in total. The lowest BCUT2D eigenvalue weighted by Crippen LogP contribution is -1.97. The number of aromatic nitrogens is 1. The highest BCUT2D eigenvalue weighted by Gasteiger charge is 2.03. The molecule has 18 heavy (non-hydrogen) atoms. The van der Waals surface area contributed by atoms with Gasteiger partial charge in [-0.05, 0) is 23.8 Å². The van der Waals surface area contributed by atoms with E-state index in [0.29, 0.717) is 0 Å². The molecule has 1 heterocycles. The number of nitrogens with zero attached hydrogens (tertiary/aromatic N) is 1. The van der Waals surface area contributed by atoms with Gasteiger partial charge in [-0.25, -0.2) is 4.98 Å². The molecule has 0 radical (unpaired) electrons. The van der Waals surface area contributed by atoms with E-state index in [2.05, 4.69) is 44.4 Å². The molecule has 0 aliphatic carbocycles. The third kappa shape index (κ3) is 2.54. The number of benzene rings is 2. The number of thiazole rings is 1. The largest absolute Gasteiger partial charge is 0.357 e. The predicted octanol–water partition coefficient (Wildman–Crippen LogP) is 4.67. The normalized spacial score (nSPS) is 10.7. The molecule has 0 unspecified atom stereocenters. The van der Waals surface area contributed by atoms with Gasteiger partial charge in [0, 0.05) is 11.0 Å². The lowest BCUT2D eigenvalue weighted by atomic mass is 10.2. The highest BCUT2D eigenvalue weighted by molar-refractivity contribution is 9.10. The summed E-state index contributed by atoms with van der Waals surface area (Å²) in [5.74, 6) is 0. The molecule has 4 heteroatoms. The van der Waals surface area contributed by atoms with Crippen LogP contribution in [0, 0.1) is 0 Å². The van der Waals surface area contributed by atoms with Crippen LogP contribution in [-0.4, -0.2) is 4.98 Å². The first-order valence-electron chi connectivity index (χ1n) is 5.65. The van der Waals surface area contributed by atoms with E-state index in [0.717, 1.165) is 21.7 Å².